The summed E-state index contributed by atoms with van der Waals surface area (Å²) in [5, 5.41) is 22.0. The lowest BCUT2D eigenvalue weighted by Crippen LogP contribution is -2.45. The summed E-state index contributed by atoms with van der Waals surface area (Å²) < 4.78 is 29.5. The van der Waals surface area contributed by atoms with E-state index in [0.29, 0.717) is 39.7 Å². The molecule has 1 fully saturated rings. The molecule has 5 aromatic carbocycles. The van der Waals surface area contributed by atoms with Crippen molar-refractivity contribution in [1.82, 2.24) is 4.90 Å². The van der Waals surface area contributed by atoms with Crippen LogP contribution in [-0.2, 0) is 33.0 Å². The molecule has 3 heterocycles. The maximum atomic E-state index is 16.6. The molecule has 0 unspecified atom stereocenters. The van der Waals surface area contributed by atoms with E-state index >= 15 is 8.90 Å². The number of hydrogen-bond donors (Lipinski definition) is 1. The van der Waals surface area contributed by atoms with Crippen LogP contribution < -0.4 is 14.5 Å². The number of rotatable bonds is 11. The fourth-order valence-corrected chi connectivity index (χ4v) is 11.5. The molecule has 0 saturated carbocycles. The second-order valence-corrected chi connectivity index (χ2v) is 19.5. The Hall–Kier alpha value is -6.22. The van der Waals surface area contributed by atoms with Crippen molar-refractivity contribution in [2.75, 3.05) is 23.0 Å². The minimum atomic E-state index is -3.69. The highest BCUT2D eigenvalue weighted by Crippen LogP contribution is 2.61. The number of amides is 3. The number of carbonyl (C=O) groups is 3. The van der Waals surface area contributed by atoms with Crippen molar-refractivity contribution in [3.05, 3.63) is 154 Å². The van der Waals surface area contributed by atoms with Gasteiger partial charge in [-0.2, -0.15) is 0 Å². The second-order valence-electron chi connectivity index (χ2n) is 15.7. The number of anilines is 3. The average Bonchev–Trinajstić information content (AvgIpc) is 3.59. The van der Waals surface area contributed by atoms with Gasteiger partial charge in [-0.25, -0.2) is 0 Å². The standard InChI is InChI=1S/C45H43FN4O8Si/c1-29-42(59(2,3)46)40(26-41(52)47(23-24-51)27-30-11-5-4-6-12-30)58-45(29)35-25-33(50(55)56)21-22-36(35)48(44(45)54)28-31-17-19-32(20-18-31)49-37-14-8-10-16-39(37)57-38-15-9-7-13-34(38)43(49)53/h4-22,25,29,40,42,51H,23-24,26-28H2,1-3H3/t29-,40+,42-,45+/m1/s1. The first-order valence-corrected chi connectivity index (χ1v) is 22.5. The Kier molecular flexibility index (Phi) is 10.4. The van der Waals surface area contributed by atoms with E-state index in [2.05, 4.69) is 0 Å². The number of para-hydroxylation sites is 3. The highest BCUT2D eigenvalue weighted by molar-refractivity contribution is 6.72. The van der Waals surface area contributed by atoms with Crippen molar-refractivity contribution in [2.45, 2.75) is 56.8 Å². The second kappa shape index (κ2) is 15.5. The Balaban J connectivity index is 1.12. The zero-order valence-electron chi connectivity index (χ0n) is 32.8. The molecule has 1 spiro atoms. The molecular formula is C45H43FN4O8Si. The van der Waals surface area contributed by atoms with Gasteiger partial charge in [-0.3, -0.25) is 29.4 Å². The van der Waals surface area contributed by atoms with Crippen LogP contribution in [0.3, 0.4) is 0 Å². The first-order chi connectivity index (χ1) is 28.3. The lowest BCUT2D eigenvalue weighted by molar-refractivity contribution is -0.385. The Morgan fingerprint density at radius 3 is 2.27 bits per heavy atom. The largest absolute Gasteiger partial charge is 0.454 e. The third-order valence-corrected chi connectivity index (χ3v) is 14.1. The Bertz CT molecular complexity index is 2450. The van der Waals surface area contributed by atoms with E-state index in [9.17, 15) is 24.8 Å². The predicted octanol–water partition coefficient (Wildman–Crippen LogP) is 8.41. The number of aliphatic hydroxyl groups is 1. The molecular weight excluding hydrogens is 772 g/mol. The van der Waals surface area contributed by atoms with Crippen LogP contribution in [0.15, 0.2) is 121 Å². The minimum Gasteiger partial charge on any atom is -0.454 e. The van der Waals surface area contributed by atoms with E-state index in [4.69, 9.17) is 9.47 Å². The van der Waals surface area contributed by atoms with Crippen LogP contribution in [0.2, 0.25) is 18.6 Å². The van der Waals surface area contributed by atoms with Gasteiger partial charge in [-0.1, -0.05) is 73.7 Å². The smallest absolute Gasteiger partial charge is 0.269 e. The zero-order chi connectivity index (χ0) is 41.6. The first kappa shape index (κ1) is 39.6. The molecule has 0 aliphatic carbocycles. The molecule has 302 valence electrons. The summed E-state index contributed by atoms with van der Waals surface area (Å²) in [6.07, 6.45) is -1.28. The molecule has 59 heavy (non-hydrogen) atoms. The van der Waals surface area contributed by atoms with E-state index in [1.807, 2.05) is 42.5 Å². The van der Waals surface area contributed by atoms with Gasteiger partial charge in [0, 0.05) is 47.9 Å². The summed E-state index contributed by atoms with van der Waals surface area (Å²) >= 11 is 0. The SMILES string of the molecule is C[C@@H]1[C@@H]([Si](C)(C)F)[C@H](CC(=O)N(CCO)Cc2ccccc2)O[C@@]12C(=O)N(Cc1ccc(N3C(=O)c4ccccc4Oc4ccccc43)cc1)c1ccc([N+](=O)[O-])cc12. The van der Waals surface area contributed by atoms with Gasteiger partial charge in [0.15, 0.2) is 11.4 Å². The monoisotopic (exact) mass is 814 g/mol. The molecule has 0 bridgehead atoms. The number of hydrogen-bond acceptors (Lipinski definition) is 8. The average molecular weight is 815 g/mol. The maximum absolute atomic E-state index is 16.6. The molecule has 3 aliphatic heterocycles. The maximum Gasteiger partial charge on any atom is 0.269 e. The summed E-state index contributed by atoms with van der Waals surface area (Å²) in [4.78, 5) is 59.2. The third kappa shape index (κ3) is 7.06. The molecule has 12 nitrogen and oxygen atoms in total. The minimum absolute atomic E-state index is 0.0320. The zero-order valence-corrected chi connectivity index (χ0v) is 33.8. The van der Waals surface area contributed by atoms with E-state index < -0.39 is 42.4 Å². The van der Waals surface area contributed by atoms with Gasteiger partial charge in [0.25, 0.3) is 17.5 Å². The number of fused-ring (bicyclic) bond motifs is 4. The lowest BCUT2D eigenvalue weighted by atomic mass is 9.82. The Morgan fingerprint density at radius 1 is 0.898 bits per heavy atom. The first-order valence-electron chi connectivity index (χ1n) is 19.5. The molecule has 8 rings (SSSR count). The van der Waals surface area contributed by atoms with Gasteiger partial charge in [0.05, 0.1) is 47.5 Å². The van der Waals surface area contributed by atoms with Crippen LogP contribution in [0.4, 0.5) is 26.9 Å². The molecule has 0 aromatic heterocycles. The molecule has 4 atom stereocenters. The molecule has 1 N–H and O–H groups in total. The summed E-state index contributed by atoms with van der Waals surface area (Å²) in [5.41, 5.74) is 0.782. The quantitative estimate of drug-likeness (QED) is 0.0607. The molecule has 14 heteroatoms. The van der Waals surface area contributed by atoms with Gasteiger partial charge in [0.1, 0.15) is 5.75 Å². The number of aliphatic hydroxyl groups excluding tert-OH is 1. The third-order valence-electron chi connectivity index (χ3n) is 11.7. The van der Waals surface area contributed by atoms with Crippen molar-refractivity contribution >= 4 is 48.9 Å². The van der Waals surface area contributed by atoms with E-state index in [-0.39, 0.29) is 55.7 Å². The van der Waals surface area contributed by atoms with Crippen LogP contribution in [-0.4, -0.2) is 60.3 Å². The van der Waals surface area contributed by atoms with E-state index in [1.54, 1.807) is 72.5 Å². The number of benzene rings is 5. The number of non-ortho nitro benzene ring substituents is 1. The molecule has 3 aliphatic rings. The van der Waals surface area contributed by atoms with Crippen molar-refractivity contribution in [3.8, 4) is 11.5 Å². The predicted molar refractivity (Wildman–Crippen MR) is 222 cm³/mol. The molecule has 1 saturated heterocycles. The van der Waals surface area contributed by atoms with Crippen molar-refractivity contribution in [2.24, 2.45) is 5.92 Å². The molecule has 3 amide bonds. The summed E-state index contributed by atoms with van der Waals surface area (Å²) in [6.45, 7) is 4.78. The van der Waals surface area contributed by atoms with Crippen LogP contribution in [0.5, 0.6) is 11.5 Å². The number of ether oxygens (including phenoxy) is 2. The normalized spacial score (nSPS) is 20.8. The number of halogens is 1. The van der Waals surface area contributed by atoms with E-state index in [0.717, 1.165) is 5.56 Å². The van der Waals surface area contributed by atoms with E-state index in [1.165, 1.54) is 41.1 Å². The number of nitro benzene ring substituents is 1. The van der Waals surface area contributed by atoms with Crippen LogP contribution in [0, 0.1) is 16.0 Å². The molecule has 5 aromatic rings. The highest BCUT2D eigenvalue weighted by Gasteiger charge is 2.67. The highest BCUT2D eigenvalue weighted by atomic mass is 28.4. The van der Waals surface area contributed by atoms with Gasteiger partial charge in [-0.15, -0.1) is 0 Å². The van der Waals surface area contributed by atoms with Gasteiger partial charge in [-0.05, 0) is 66.7 Å². The van der Waals surface area contributed by atoms with Gasteiger partial charge in [0.2, 0.25) is 14.3 Å². The number of carbonyl (C=O) groups excluding carboxylic acids is 3. The van der Waals surface area contributed by atoms with Crippen LogP contribution >= 0.6 is 0 Å². The lowest BCUT2D eigenvalue weighted by Gasteiger charge is -2.31. The van der Waals surface area contributed by atoms with Crippen molar-refractivity contribution in [3.63, 3.8) is 0 Å². The van der Waals surface area contributed by atoms with Gasteiger partial charge < -0.3 is 28.5 Å². The topological polar surface area (TPSA) is 143 Å². The molecule has 0 radical (unpaired) electrons. The van der Waals surface area contributed by atoms with Crippen LogP contribution in [0.25, 0.3) is 0 Å². The van der Waals surface area contributed by atoms with Crippen molar-refractivity contribution in [1.29, 1.82) is 0 Å². The summed E-state index contributed by atoms with van der Waals surface area (Å²) in [6, 6.07) is 34.9. The summed E-state index contributed by atoms with van der Waals surface area (Å²) in [5.74, 6) is -1.01. The summed E-state index contributed by atoms with van der Waals surface area (Å²) in [7, 11) is -3.69. The fourth-order valence-electron chi connectivity index (χ4n) is 9.02. The fraction of sp³-hybridized carbons (Fsp3) is 0.267. The van der Waals surface area contributed by atoms with Gasteiger partial charge >= 0.3 is 0 Å². The number of nitrogens with zero attached hydrogens (tertiary/aromatic N) is 4. The Morgan fingerprint density at radius 2 is 1.58 bits per heavy atom. The van der Waals surface area contributed by atoms with Crippen molar-refractivity contribution < 1.29 is 38.0 Å². The van der Waals surface area contributed by atoms with Crippen LogP contribution in [0.1, 0.15) is 40.4 Å². The Labute approximate surface area is 341 Å². The number of nitro groups is 1.